The first-order chi connectivity index (χ1) is 8.74. The number of hydrogen-bond donors (Lipinski definition) is 5. The highest BCUT2D eigenvalue weighted by Gasteiger charge is 2.10. The van der Waals surface area contributed by atoms with Crippen LogP contribution in [0.2, 0.25) is 0 Å². The molecule has 2 rings (SSSR count). The van der Waals surface area contributed by atoms with Crippen LogP contribution in [0.5, 0.6) is 0 Å². The van der Waals surface area contributed by atoms with Gasteiger partial charge in [0.1, 0.15) is 5.82 Å². The Morgan fingerprint density at radius 3 is 2.94 bits per heavy atom. The van der Waals surface area contributed by atoms with E-state index in [9.17, 15) is 5.11 Å². The van der Waals surface area contributed by atoms with E-state index in [2.05, 4.69) is 30.8 Å². The van der Waals surface area contributed by atoms with Crippen LogP contribution in [0.1, 0.15) is 6.92 Å². The molecule has 2 heterocycles. The van der Waals surface area contributed by atoms with Crippen LogP contribution in [0.3, 0.4) is 0 Å². The van der Waals surface area contributed by atoms with E-state index < -0.39 is 6.10 Å². The van der Waals surface area contributed by atoms with E-state index in [1.54, 1.807) is 6.20 Å². The lowest BCUT2D eigenvalue weighted by Gasteiger charge is -2.11. The number of aliphatic hydroxyl groups excluding tert-OH is 2. The van der Waals surface area contributed by atoms with Gasteiger partial charge in [0.15, 0.2) is 5.65 Å². The van der Waals surface area contributed by atoms with E-state index in [1.165, 1.54) is 0 Å². The zero-order chi connectivity index (χ0) is 13.0. The molecule has 0 fully saturated rings. The summed E-state index contributed by atoms with van der Waals surface area (Å²) in [6, 6.07) is 0. The van der Waals surface area contributed by atoms with Gasteiger partial charge >= 0.3 is 0 Å². The monoisotopic (exact) mass is 252 g/mol. The molecule has 0 saturated heterocycles. The molecule has 0 bridgehead atoms. The number of aliphatic hydroxyl groups is 2. The Kier molecular flexibility index (Phi) is 3.90. The highest BCUT2D eigenvalue weighted by molar-refractivity contribution is 5.86. The molecule has 1 unspecified atom stereocenters. The van der Waals surface area contributed by atoms with Gasteiger partial charge in [-0.15, -0.1) is 0 Å². The Hall–Kier alpha value is -1.93. The molecule has 1 atom stereocenters. The SMILES string of the molecule is CCNc1nc(NCC(O)CO)c2cn[nH]c2n1. The van der Waals surface area contributed by atoms with Crippen LogP contribution < -0.4 is 10.6 Å². The average Bonchev–Trinajstić information content (AvgIpc) is 2.84. The Bertz CT molecular complexity index is 514. The van der Waals surface area contributed by atoms with Gasteiger partial charge < -0.3 is 20.8 Å². The molecule has 18 heavy (non-hydrogen) atoms. The third-order valence-electron chi connectivity index (χ3n) is 2.36. The minimum absolute atomic E-state index is 0.208. The van der Waals surface area contributed by atoms with E-state index in [4.69, 9.17) is 5.11 Å². The van der Waals surface area contributed by atoms with Gasteiger partial charge in [-0.3, -0.25) is 5.10 Å². The molecule has 0 saturated carbocycles. The van der Waals surface area contributed by atoms with E-state index in [1.807, 2.05) is 6.92 Å². The summed E-state index contributed by atoms with van der Waals surface area (Å²) in [7, 11) is 0. The molecule has 5 N–H and O–H groups in total. The van der Waals surface area contributed by atoms with E-state index >= 15 is 0 Å². The van der Waals surface area contributed by atoms with Crippen molar-refractivity contribution in [3.8, 4) is 0 Å². The molecule has 2 aromatic rings. The van der Waals surface area contributed by atoms with Gasteiger partial charge in [-0.05, 0) is 6.92 Å². The summed E-state index contributed by atoms with van der Waals surface area (Å²) in [5.41, 5.74) is 0.613. The molecule has 0 spiro atoms. The summed E-state index contributed by atoms with van der Waals surface area (Å²) < 4.78 is 0. The number of anilines is 2. The third kappa shape index (κ3) is 2.66. The lowest BCUT2D eigenvalue weighted by atomic mass is 10.3. The number of aromatic amines is 1. The number of aromatic nitrogens is 4. The second kappa shape index (κ2) is 5.61. The summed E-state index contributed by atoms with van der Waals surface area (Å²) in [6.45, 7) is 2.56. The fraction of sp³-hybridized carbons (Fsp3) is 0.500. The van der Waals surface area contributed by atoms with Crippen LogP contribution in [-0.2, 0) is 0 Å². The largest absolute Gasteiger partial charge is 0.394 e. The predicted octanol–water partition coefficient (Wildman–Crippen LogP) is -0.450. The summed E-state index contributed by atoms with van der Waals surface area (Å²) in [5, 5.41) is 31.5. The Morgan fingerprint density at radius 1 is 1.39 bits per heavy atom. The van der Waals surface area contributed by atoms with Crippen molar-refractivity contribution in [2.24, 2.45) is 0 Å². The molecule has 0 aliphatic rings. The number of fused-ring (bicyclic) bond motifs is 1. The molecular weight excluding hydrogens is 236 g/mol. The number of H-pyrrole nitrogens is 1. The zero-order valence-electron chi connectivity index (χ0n) is 10.0. The molecule has 0 amide bonds. The van der Waals surface area contributed by atoms with Crippen molar-refractivity contribution < 1.29 is 10.2 Å². The van der Waals surface area contributed by atoms with Crippen molar-refractivity contribution >= 4 is 22.8 Å². The van der Waals surface area contributed by atoms with Crippen LogP contribution in [0.25, 0.3) is 11.0 Å². The Balaban J connectivity index is 2.25. The summed E-state index contributed by atoms with van der Waals surface area (Å²) in [5.74, 6) is 1.05. The Labute approximate surface area is 103 Å². The minimum Gasteiger partial charge on any atom is -0.394 e. The standard InChI is InChI=1S/C10H16N6O2/c1-2-11-10-14-8(12-3-6(18)5-17)7-4-13-16-9(7)15-10/h4,6,17-18H,2-3,5H2,1H3,(H3,11,12,13,14,15,16). The van der Waals surface area contributed by atoms with Gasteiger partial charge in [0.05, 0.1) is 24.3 Å². The van der Waals surface area contributed by atoms with Crippen molar-refractivity contribution in [2.75, 3.05) is 30.3 Å². The number of nitrogens with zero attached hydrogens (tertiary/aromatic N) is 3. The fourth-order valence-electron chi connectivity index (χ4n) is 1.49. The van der Waals surface area contributed by atoms with Crippen LogP contribution in [-0.4, -0.2) is 56.2 Å². The topological polar surface area (TPSA) is 119 Å². The maximum Gasteiger partial charge on any atom is 0.226 e. The maximum atomic E-state index is 9.32. The second-order valence-electron chi connectivity index (χ2n) is 3.78. The third-order valence-corrected chi connectivity index (χ3v) is 2.36. The molecule has 98 valence electrons. The van der Waals surface area contributed by atoms with Gasteiger partial charge in [0.25, 0.3) is 0 Å². The first-order valence-electron chi connectivity index (χ1n) is 5.72. The quantitative estimate of drug-likeness (QED) is 0.472. The summed E-state index contributed by atoms with van der Waals surface area (Å²) in [6.07, 6.45) is 0.781. The van der Waals surface area contributed by atoms with Crippen molar-refractivity contribution in [1.29, 1.82) is 0 Å². The van der Waals surface area contributed by atoms with E-state index in [0.29, 0.717) is 24.0 Å². The zero-order valence-corrected chi connectivity index (χ0v) is 10.0. The fourth-order valence-corrected chi connectivity index (χ4v) is 1.49. The molecule has 2 aromatic heterocycles. The highest BCUT2D eigenvalue weighted by Crippen LogP contribution is 2.19. The number of nitrogens with one attached hydrogen (secondary N) is 3. The number of hydrogen-bond acceptors (Lipinski definition) is 7. The molecule has 0 aliphatic carbocycles. The summed E-state index contributed by atoms with van der Waals surface area (Å²) >= 11 is 0. The van der Waals surface area contributed by atoms with Gasteiger partial charge in [-0.2, -0.15) is 15.1 Å². The Morgan fingerprint density at radius 2 is 2.22 bits per heavy atom. The lowest BCUT2D eigenvalue weighted by molar-refractivity contribution is 0.105. The first-order valence-corrected chi connectivity index (χ1v) is 5.72. The van der Waals surface area contributed by atoms with Crippen LogP contribution in [0.4, 0.5) is 11.8 Å². The average molecular weight is 252 g/mol. The molecule has 0 aliphatic heterocycles. The van der Waals surface area contributed by atoms with E-state index in [0.717, 1.165) is 5.39 Å². The normalized spacial score (nSPS) is 12.6. The first kappa shape index (κ1) is 12.5. The molecule has 8 nitrogen and oxygen atoms in total. The van der Waals surface area contributed by atoms with Gasteiger partial charge in [0, 0.05) is 13.1 Å². The predicted molar refractivity (Wildman–Crippen MR) is 67.4 cm³/mol. The highest BCUT2D eigenvalue weighted by atomic mass is 16.3. The minimum atomic E-state index is -0.829. The van der Waals surface area contributed by atoms with Crippen molar-refractivity contribution in [2.45, 2.75) is 13.0 Å². The smallest absolute Gasteiger partial charge is 0.226 e. The van der Waals surface area contributed by atoms with Gasteiger partial charge in [-0.25, -0.2) is 0 Å². The van der Waals surface area contributed by atoms with Crippen molar-refractivity contribution in [3.63, 3.8) is 0 Å². The lowest BCUT2D eigenvalue weighted by Crippen LogP contribution is -2.23. The van der Waals surface area contributed by atoms with Crippen molar-refractivity contribution in [1.82, 2.24) is 20.2 Å². The molecule has 0 aromatic carbocycles. The van der Waals surface area contributed by atoms with Gasteiger partial charge in [0.2, 0.25) is 5.95 Å². The number of rotatable bonds is 6. The molecule has 0 radical (unpaired) electrons. The second-order valence-corrected chi connectivity index (χ2v) is 3.78. The summed E-state index contributed by atoms with van der Waals surface area (Å²) in [4.78, 5) is 8.52. The molecular formula is C10H16N6O2. The van der Waals surface area contributed by atoms with E-state index in [-0.39, 0.29) is 13.2 Å². The molecule has 8 heteroatoms. The van der Waals surface area contributed by atoms with Crippen LogP contribution in [0, 0.1) is 0 Å². The van der Waals surface area contributed by atoms with Crippen LogP contribution in [0.15, 0.2) is 6.20 Å². The van der Waals surface area contributed by atoms with Crippen LogP contribution >= 0.6 is 0 Å². The maximum absolute atomic E-state index is 9.32. The van der Waals surface area contributed by atoms with Crippen molar-refractivity contribution in [3.05, 3.63) is 6.20 Å². The van der Waals surface area contributed by atoms with Gasteiger partial charge in [-0.1, -0.05) is 0 Å².